The SMILES string of the molecule is CCC(N)CC(=O)N1CCCC2CCCCC21. The van der Waals surface area contributed by atoms with E-state index in [4.69, 9.17) is 5.73 Å². The number of hydrogen-bond acceptors (Lipinski definition) is 2. The predicted octanol–water partition coefficient (Wildman–Crippen LogP) is 2.29. The number of likely N-dealkylation sites (tertiary alicyclic amines) is 1. The second-order valence-corrected chi connectivity index (χ2v) is 5.71. The van der Waals surface area contributed by atoms with Gasteiger partial charge in [0.1, 0.15) is 0 Å². The molecule has 98 valence electrons. The fraction of sp³-hybridized carbons (Fsp3) is 0.929. The van der Waals surface area contributed by atoms with Gasteiger partial charge in [0.05, 0.1) is 0 Å². The zero-order valence-corrected chi connectivity index (χ0v) is 11.0. The molecule has 0 aromatic rings. The Balaban J connectivity index is 1.95. The van der Waals surface area contributed by atoms with Gasteiger partial charge in [-0.25, -0.2) is 0 Å². The normalized spacial score (nSPS) is 30.8. The third-order valence-electron chi connectivity index (χ3n) is 4.52. The summed E-state index contributed by atoms with van der Waals surface area (Å²) in [6.07, 6.45) is 9.16. The van der Waals surface area contributed by atoms with E-state index in [9.17, 15) is 4.79 Å². The molecule has 1 heterocycles. The Labute approximate surface area is 105 Å². The van der Waals surface area contributed by atoms with Crippen LogP contribution < -0.4 is 5.73 Å². The monoisotopic (exact) mass is 238 g/mol. The Hall–Kier alpha value is -0.570. The first-order valence-electron chi connectivity index (χ1n) is 7.27. The van der Waals surface area contributed by atoms with Crippen LogP contribution in [-0.2, 0) is 4.79 Å². The minimum atomic E-state index is 0.0477. The van der Waals surface area contributed by atoms with Crippen molar-refractivity contribution in [2.45, 2.75) is 70.4 Å². The zero-order valence-electron chi connectivity index (χ0n) is 11.0. The quantitative estimate of drug-likeness (QED) is 0.820. The molecule has 3 atom stereocenters. The lowest BCUT2D eigenvalue weighted by Gasteiger charge is -2.44. The van der Waals surface area contributed by atoms with Crippen molar-refractivity contribution in [3.8, 4) is 0 Å². The van der Waals surface area contributed by atoms with Crippen LogP contribution >= 0.6 is 0 Å². The smallest absolute Gasteiger partial charge is 0.224 e. The van der Waals surface area contributed by atoms with Gasteiger partial charge in [0.2, 0.25) is 5.91 Å². The Kier molecular flexibility index (Phi) is 4.43. The average molecular weight is 238 g/mol. The molecule has 1 aliphatic heterocycles. The highest BCUT2D eigenvalue weighted by molar-refractivity contribution is 5.77. The molecule has 1 saturated carbocycles. The van der Waals surface area contributed by atoms with E-state index in [1.165, 1.54) is 38.5 Å². The van der Waals surface area contributed by atoms with E-state index in [1.807, 2.05) is 0 Å². The van der Waals surface area contributed by atoms with Crippen LogP contribution in [0.5, 0.6) is 0 Å². The van der Waals surface area contributed by atoms with Gasteiger partial charge in [-0.05, 0) is 38.0 Å². The van der Waals surface area contributed by atoms with Crippen molar-refractivity contribution >= 4 is 5.91 Å². The number of carbonyl (C=O) groups excluding carboxylic acids is 1. The van der Waals surface area contributed by atoms with Gasteiger partial charge in [0.15, 0.2) is 0 Å². The number of hydrogen-bond donors (Lipinski definition) is 1. The molecule has 3 heteroatoms. The molecule has 1 saturated heterocycles. The molecule has 1 aliphatic carbocycles. The largest absolute Gasteiger partial charge is 0.339 e. The molecule has 3 nitrogen and oxygen atoms in total. The minimum absolute atomic E-state index is 0.0477. The van der Waals surface area contributed by atoms with Crippen LogP contribution in [0.4, 0.5) is 0 Å². The van der Waals surface area contributed by atoms with Crippen molar-refractivity contribution in [3.05, 3.63) is 0 Å². The highest BCUT2D eigenvalue weighted by Gasteiger charge is 2.35. The number of nitrogens with zero attached hydrogens (tertiary/aromatic N) is 1. The van der Waals surface area contributed by atoms with E-state index < -0.39 is 0 Å². The van der Waals surface area contributed by atoms with Crippen LogP contribution in [0.25, 0.3) is 0 Å². The fourth-order valence-electron chi connectivity index (χ4n) is 3.42. The van der Waals surface area contributed by atoms with E-state index in [1.54, 1.807) is 0 Å². The number of amides is 1. The first kappa shape index (κ1) is 12.9. The van der Waals surface area contributed by atoms with Crippen molar-refractivity contribution in [1.82, 2.24) is 4.90 Å². The fourth-order valence-corrected chi connectivity index (χ4v) is 3.42. The van der Waals surface area contributed by atoms with Gasteiger partial charge >= 0.3 is 0 Å². The lowest BCUT2D eigenvalue weighted by Crippen LogP contribution is -2.50. The van der Waals surface area contributed by atoms with Crippen molar-refractivity contribution in [3.63, 3.8) is 0 Å². The maximum Gasteiger partial charge on any atom is 0.224 e. The topological polar surface area (TPSA) is 46.3 Å². The highest BCUT2D eigenvalue weighted by atomic mass is 16.2. The molecule has 0 bridgehead atoms. The summed E-state index contributed by atoms with van der Waals surface area (Å²) in [6.45, 7) is 3.02. The molecule has 1 amide bonds. The summed E-state index contributed by atoms with van der Waals surface area (Å²) >= 11 is 0. The molecule has 2 rings (SSSR count). The summed E-state index contributed by atoms with van der Waals surface area (Å²) in [5.41, 5.74) is 5.90. The van der Waals surface area contributed by atoms with Crippen LogP contribution in [0.2, 0.25) is 0 Å². The Morgan fingerprint density at radius 1 is 1.29 bits per heavy atom. The van der Waals surface area contributed by atoms with Gasteiger partial charge in [-0.15, -0.1) is 0 Å². The zero-order chi connectivity index (χ0) is 12.3. The number of nitrogens with two attached hydrogens (primary N) is 1. The summed E-state index contributed by atoms with van der Waals surface area (Å²) in [7, 11) is 0. The molecule has 2 fully saturated rings. The number of carbonyl (C=O) groups is 1. The maximum atomic E-state index is 12.3. The molecular formula is C14H26N2O. The lowest BCUT2D eigenvalue weighted by atomic mass is 9.78. The van der Waals surface area contributed by atoms with E-state index in [2.05, 4.69) is 11.8 Å². The van der Waals surface area contributed by atoms with E-state index in [0.29, 0.717) is 18.4 Å². The van der Waals surface area contributed by atoms with E-state index >= 15 is 0 Å². The van der Waals surface area contributed by atoms with Crippen molar-refractivity contribution in [1.29, 1.82) is 0 Å². The predicted molar refractivity (Wildman–Crippen MR) is 69.6 cm³/mol. The molecule has 2 N–H and O–H groups in total. The second-order valence-electron chi connectivity index (χ2n) is 5.71. The summed E-state index contributed by atoms with van der Waals surface area (Å²) in [5.74, 6) is 1.08. The summed E-state index contributed by atoms with van der Waals surface area (Å²) < 4.78 is 0. The van der Waals surface area contributed by atoms with E-state index in [0.717, 1.165) is 18.9 Å². The third kappa shape index (κ3) is 3.01. The van der Waals surface area contributed by atoms with E-state index in [-0.39, 0.29) is 6.04 Å². The molecule has 2 aliphatic rings. The van der Waals surface area contributed by atoms with Gasteiger partial charge in [-0.1, -0.05) is 19.8 Å². The van der Waals surface area contributed by atoms with Gasteiger partial charge in [-0.2, -0.15) is 0 Å². The second kappa shape index (κ2) is 5.85. The van der Waals surface area contributed by atoms with Crippen LogP contribution in [0.1, 0.15) is 58.3 Å². The first-order valence-corrected chi connectivity index (χ1v) is 7.27. The van der Waals surface area contributed by atoms with Crippen LogP contribution in [-0.4, -0.2) is 29.4 Å². The van der Waals surface area contributed by atoms with Gasteiger partial charge < -0.3 is 10.6 Å². The number of fused-ring (bicyclic) bond motifs is 1. The summed E-state index contributed by atoms with van der Waals surface area (Å²) in [5, 5.41) is 0. The van der Waals surface area contributed by atoms with Crippen molar-refractivity contribution < 1.29 is 4.79 Å². The van der Waals surface area contributed by atoms with Gasteiger partial charge in [0, 0.05) is 25.0 Å². The average Bonchev–Trinajstić information content (AvgIpc) is 2.37. The van der Waals surface area contributed by atoms with Gasteiger partial charge in [-0.3, -0.25) is 4.79 Å². The third-order valence-corrected chi connectivity index (χ3v) is 4.52. The molecule has 17 heavy (non-hydrogen) atoms. The van der Waals surface area contributed by atoms with Crippen molar-refractivity contribution in [2.24, 2.45) is 11.7 Å². The number of piperidine rings is 1. The van der Waals surface area contributed by atoms with Gasteiger partial charge in [0.25, 0.3) is 0 Å². The standard InChI is InChI=1S/C14H26N2O/c1-2-12(15)10-14(17)16-9-5-7-11-6-3-4-8-13(11)16/h11-13H,2-10,15H2,1H3. The summed E-state index contributed by atoms with van der Waals surface area (Å²) in [4.78, 5) is 14.4. The maximum absolute atomic E-state index is 12.3. The first-order chi connectivity index (χ1) is 8.22. The Morgan fingerprint density at radius 3 is 2.76 bits per heavy atom. The van der Waals surface area contributed by atoms with Crippen LogP contribution in [0, 0.1) is 5.92 Å². The lowest BCUT2D eigenvalue weighted by molar-refractivity contribution is -0.137. The van der Waals surface area contributed by atoms with Crippen LogP contribution in [0.3, 0.4) is 0 Å². The molecule has 3 unspecified atom stereocenters. The minimum Gasteiger partial charge on any atom is -0.339 e. The molecule has 0 radical (unpaired) electrons. The molecule has 0 aromatic heterocycles. The van der Waals surface area contributed by atoms with Crippen molar-refractivity contribution in [2.75, 3.05) is 6.54 Å². The highest BCUT2D eigenvalue weighted by Crippen LogP contribution is 2.35. The molecular weight excluding hydrogens is 212 g/mol. The van der Waals surface area contributed by atoms with Crippen LogP contribution in [0.15, 0.2) is 0 Å². The number of rotatable bonds is 3. The Bertz CT molecular complexity index is 265. The Morgan fingerprint density at radius 2 is 2.00 bits per heavy atom. The molecule has 0 aromatic carbocycles. The molecule has 0 spiro atoms. The summed E-state index contributed by atoms with van der Waals surface area (Å²) in [6, 6.07) is 0.584.